The molecule has 30 heavy (non-hydrogen) atoms. The molecule has 0 radical (unpaired) electrons. The first-order valence-corrected chi connectivity index (χ1v) is 11.3. The zero-order valence-corrected chi connectivity index (χ0v) is 18.4. The summed E-state index contributed by atoms with van der Waals surface area (Å²) >= 11 is 1.55. The van der Waals surface area contributed by atoms with Crippen LogP contribution in [0.15, 0.2) is 60.7 Å². The lowest BCUT2D eigenvalue weighted by atomic mass is 10.1. The first kappa shape index (κ1) is 20.6. The van der Waals surface area contributed by atoms with Crippen LogP contribution < -0.4 is 10.1 Å². The van der Waals surface area contributed by atoms with Crippen molar-refractivity contribution in [3.8, 4) is 16.2 Å². The molecule has 1 aliphatic heterocycles. The van der Waals surface area contributed by atoms with Gasteiger partial charge >= 0.3 is 0 Å². The van der Waals surface area contributed by atoms with E-state index >= 15 is 0 Å². The SMILES string of the molecule is CC(C)N(CCCNC(=O)c1cc2c(s1)-c1ccccc1OC2)Cc1ccccc1. The molecular formula is C25H28N2O2S. The Labute approximate surface area is 182 Å². The fourth-order valence-electron chi connectivity index (χ4n) is 3.72. The number of amides is 1. The second-order valence-corrected chi connectivity index (χ2v) is 8.96. The molecule has 0 fully saturated rings. The van der Waals surface area contributed by atoms with Crippen molar-refractivity contribution in [1.29, 1.82) is 0 Å². The Bertz CT molecular complexity index is 997. The molecule has 0 saturated carbocycles. The van der Waals surface area contributed by atoms with Gasteiger partial charge in [-0.1, -0.05) is 42.5 Å². The number of nitrogens with one attached hydrogen (secondary N) is 1. The van der Waals surface area contributed by atoms with Gasteiger partial charge in [0.2, 0.25) is 0 Å². The van der Waals surface area contributed by atoms with E-state index < -0.39 is 0 Å². The largest absolute Gasteiger partial charge is 0.488 e. The van der Waals surface area contributed by atoms with Gasteiger partial charge in [0.25, 0.3) is 5.91 Å². The summed E-state index contributed by atoms with van der Waals surface area (Å²) in [4.78, 5) is 17.0. The van der Waals surface area contributed by atoms with Crippen molar-refractivity contribution in [2.24, 2.45) is 0 Å². The molecule has 1 amide bonds. The number of hydrogen-bond donors (Lipinski definition) is 1. The normalized spacial score (nSPS) is 12.4. The minimum absolute atomic E-state index is 0.00559. The molecule has 0 atom stereocenters. The number of rotatable bonds is 8. The van der Waals surface area contributed by atoms with Crippen molar-refractivity contribution in [2.45, 2.75) is 39.5 Å². The number of para-hydroxylation sites is 1. The van der Waals surface area contributed by atoms with E-state index in [0.29, 0.717) is 19.2 Å². The lowest BCUT2D eigenvalue weighted by Gasteiger charge is -2.26. The Balaban J connectivity index is 1.31. The number of thiophene rings is 1. The molecule has 4 nitrogen and oxygen atoms in total. The molecule has 2 heterocycles. The molecule has 0 aliphatic carbocycles. The molecule has 1 aliphatic rings. The summed E-state index contributed by atoms with van der Waals surface area (Å²) in [7, 11) is 0. The maximum Gasteiger partial charge on any atom is 0.261 e. The third-order valence-electron chi connectivity index (χ3n) is 5.41. The van der Waals surface area contributed by atoms with Gasteiger partial charge in [-0.05, 0) is 44.0 Å². The summed E-state index contributed by atoms with van der Waals surface area (Å²) < 4.78 is 5.81. The topological polar surface area (TPSA) is 41.6 Å². The van der Waals surface area contributed by atoms with Gasteiger partial charge in [0.1, 0.15) is 12.4 Å². The van der Waals surface area contributed by atoms with Crippen molar-refractivity contribution < 1.29 is 9.53 Å². The van der Waals surface area contributed by atoms with Crippen LogP contribution >= 0.6 is 11.3 Å². The number of fused-ring (bicyclic) bond motifs is 3. The van der Waals surface area contributed by atoms with Crippen LogP contribution in [0.5, 0.6) is 5.75 Å². The van der Waals surface area contributed by atoms with E-state index in [1.54, 1.807) is 11.3 Å². The number of benzene rings is 2. The summed E-state index contributed by atoms with van der Waals surface area (Å²) in [5.74, 6) is 0.900. The first-order chi connectivity index (χ1) is 14.6. The number of carbonyl (C=O) groups excluding carboxylic acids is 1. The molecule has 156 valence electrons. The lowest BCUT2D eigenvalue weighted by Crippen LogP contribution is -2.33. The molecule has 1 N–H and O–H groups in total. The second kappa shape index (κ2) is 9.45. The van der Waals surface area contributed by atoms with Gasteiger partial charge in [-0.2, -0.15) is 0 Å². The minimum atomic E-state index is 0.00559. The molecule has 4 rings (SSSR count). The number of hydrogen-bond acceptors (Lipinski definition) is 4. The van der Waals surface area contributed by atoms with Gasteiger partial charge in [-0.3, -0.25) is 9.69 Å². The van der Waals surface area contributed by atoms with Gasteiger partial charge in [0.15, 0.2) is 0 Å². The lowest BCUT2D eigenvalue weighted by molar-refractivity contribution is 0.0954. The maximum atomic E-state index is 12.7. The van der Waals surface area contributed by atoms with E-state index in [-0.39, 0.29) is 5.91 Å². The van der Waals surface area contributed by atoms with Crippen molar-refractivity contribution in [3.05, 3.63) is 76.7 Å². The van der Waals surface area contributed by atoms with Crippen LogP contribution in [-0.2, 0) is 13.2 Å². The van der Waals surface area contributed by atoms with Crippen molar-refractivity contribution in [3.63, 3.8) is 0 Å². The average molecular weight is 421 g/mol. The molecule has 3 aromatic rings. The monoisotopic (exact) mass is 420 g/mol. The molecule has 2 aromatic carbocycles. The molecular weight excluding hydrogens is 392 g/mol. The van der Waals surface area contributed by atoms with E-state index in [2.05, 4.69) is 54.4 Å². The van der Waals surface area contributed by atoms with Gasteiger partial charge in [0.05, 0.1) is 4.88 Å². The Kier molecular flexibility index (Phi) is 6.50. The van der Waals surface area contributed by atoms with E-state index in [1.165, 1.54) is 5.56 Å². The van der Waals surface area contributed by atoms with Crippen molar-refractivity contribution in [2.75, 3.05) is 13.1 Å². The fourth-order valence-corrected chi connectivity index (χ4v) is 4.83. The predicted octanol–water partition coefficient (Wildman–Crippen LogP) is 5.34. The Morgan fingerprint density at radius 2 is 1.90 bits per heavy atom. The third-order valence-corrected chi connectivity index (χ3v) is 6.62. The van der Waals surface area contributed by atoms with E-state index in [1.807, 2.05) is 30.3 Å². The van der Waals surface area contributed by atoms with Crippen LogP contribution in [0.2, 0.25) is 0 Å². The van der Waals surface area contributed by atoms with Crippen molar-refractivity contribution in [1.82, 2.24) is 10.2 Å². The summed E-state index contributed by atoms with van der Waals surface area (Å²) in [5, 5.41) is 3.09. The average Bonchev–Trinajstić information content (AvgIpc) is 3.21. The highest BCUT2D eigenvalue weighted by molar-refractivity contribution is 7.17. The highest BCUT2D eigenvalue weighted by atomic mass is 32.1. The quantitative estimate of drug-likeness (QED) is 0.500. The smallest absolute Gasteiger partial charge is 0.261 e. The summed E-state index contributed by atoms with van der Waals surface area (Å²) in [6, 6.07) is 21.0. The van der Waals surface area contributed by atoms with Crippen LogP contribution in [-0.4, -0.2) is 29.9 Å². The summed E-state index contributed by atoms with van der Waals surface area (Å²) in [6.45, 7) is 7.53. The van der Waals surface area contributed by atoms with Crippen LogP contribution in [0.25, 0.3) is 10.4 Å². The Morgan fingerprint density at radius 1 is 1.13 bits per heavy atom. The maximum absolute atomic E-state index is 12.7. The standard InChI is InChI=1S/C25H28N2O2S/c1-18(2)27(16-19-9-4-3-5-10-19)14-8-13-26-25(28)23-15-20-17-29-22-12-7-6-11-21(22)24(20)30-23/h3-7,9-12,15,18H,8,13-14,16-17H2,1-2H3,(H,26,28). The first-order valence-electron chi connectivity index (χ1n) is 10.5. The van der Waals surface area contributed by atoms with Crippen LogP contribution in [0, 0.1) is 0 Å². The van der Waals surface area contributed by atoms with Crippen molar-refractivity contribution >= 4 is 17.2 Å². The number of nitrogens with zero attached hydrogens (tertiary/aromatic N) is 1. The summed E-state index contributed by atoms with van der Waals surface area (Å²) in [5.41, 5.74) is 3.50. The fraction of sp³-hybridized carbons (Fsp3) is 0.320. The Morgan fingerprint density at radius 3 is 2.70 bits per heavy atom. The molecule has 0 saturated heterocycles. The summed E-state index contributed by atoms with van der Waals surface area (Å²) in [6.07, 6.45) is 0.924. The third kappa shape index (κ3) is 4.74. The molecule has 1 aromatic heterocycles. The van der Waals surface area contributed by atoms with Gasteiger partial charge in [-0.15, -0.1) is 11.3 Å². The van der Waals surface area contributed by atoms with Crippen LogP contribution in [0.4, 0.5) is 0 Å². The highest BCUT2D eigenvalue weighted by Crippen LogP contribution is 2.42. The molecule has 5 heteroatoms. The molecule has 0 spiro atoms. The zero-order chi connectivity index (χ0) is 20.9. The minimum Gasteiger partial charge on any atom is -0.488 e. The number of ether oxygens (including phenoxy) is 1. The number of carbonyl (C=O) groups is 1. The van der Waals surface area contributed by atoms with E-state index in [0.717, 1.165) is 46.1 Å². The van der Waals surface area contributed by atoms with Gasteiger partial charge in [0, 0.05) is 41.7 Å². The van der Waals surface area contributed by atoms with Gasteiger partial charge < -0.3 is 10.1 Å². The van der Waals surface area contributed by atoms with E-state index in [9.17, 15) is 4.79 Å². The molecule has 0 unspecified atom stereocenters. The van der Waals surface area contributed by atoms with E-state index in [4.69, 9.17) is 4.74 Å². The zero-order valence-electron chi connectivity index (χ0n) is 17.6. The van der Waals surface area contributed by atoms with Crippen LogP contribution in [0.3, 0.4) is 0 Å². The van der Waals surface area contributed by atoms with Crippen LogP contribution in [0.1, 0.15) is 41.1 Å². The molecule has 0 bridgehead atoms. The second-order valence-electron chi connectivity index (χ2n) is 7.91. The van der Waals surface area contributed by atoms with Gasteiger partial charge in [-0.25, -0.2) is 0 Å². The highest BCUT2D eigenvalue weighted by Gasteiger charge is 2.22. The Hall–Kier alpha value is -2.63. The predicted molar refractivity (Wildman–Crippen MR) is 123 cm³/mol.